The highest BCUT2D eigenvalue weighted by atomic mass is 35.5. The van der Waals surface area contributed by atoms with E-state index in [-0.39, 0.29) is 22.3 Å². The molecule has 3 rings (SSSR count). The lowest BCUT2D eigenvalue weighted by Crippen LogP contribution is -2.38. The zero-order chi connectivity index (χ0) is 22.8. The van der Waals surface area contributed by atoms with E-state index < -0.39 is 22.5 Å². The first-order chi connectivity index (χ1) is 14.6. The molecule has 0 saturated carbocycles. The quantitative estimate of drug-likeness (QED) is 0.540. The molecular formula is C22H24ClN3O4S. The summed E-state index contributed by atoms with van der Waals surface area (Å²) in [6.07, 6.45) is 0. The fraction of sp³-hybridized carbons (Fsp3) is 0.273. The molecular weight excluding hydrogens is 438 g/mol. The molecule has 7 nitrogen and oxygen atoms in total. The Hall–Kier alpha value is -2.84. The van der Waals surface area contributed by atoms with Crippen molar-refractivity contribution in [2.24, 2.45) is 0 Å². The lowest BCUT2D eigenvalue weighted by molar-refractivity contribution is -0.114. The molecule has 1 aromatic heterocycles. The van der Waals surface area contributed by atoms with Crippen LogP contribution in [0.3, 0.4) is 0 Å². The fourth-order valence-corrected chi connectivity index (χ4v) is 5.00. The number of benzene rings is 2. The molecule has 3 aromatic rings. The van der Waals surface area contributed by atoms with Crippen molar-refractivity contribution in [3.05, 3.63) is 70.6 Å². The third-order valence-electron chi connectivity index (χ3n) is 4.78. The summed E-state index contributed by atoms with van der Waals surface area (Å²) in [5, 5.41) is 6.99. The van der Waals surface area contributed by atoms with Gasteiger partial charge in [-0.25, -0.2) is 8.42 Å². The van der Waals surface area contributed by atoms with E-state index in [1.807, 2.05) is 26.0 Å². The number of anilines is 2. The highest BCUT2D eigenvalue weighted by Gasteiger charge is 2.33. The van der Waals surface area contributed by atoms with E-state index in [2.05, 4.69) is 10.5 Å². The van der Waals surface area contributed by atoms with Gasteiger partial charge in [0.2, 0.25) is 5.91 Å². The molecule has 0 radical (unpaired) electrons. The number of sulfonamides is 1. The van der Waals surface area contributed by atoms with E-state index in [1.165, 1.54) is 6.92 Å². The molecule has 2 aromatic carbocycles. The molecule has 0 aliphatic heterocycles. The Morgan fingerprint density at radius 3 is 2.23 bits per heavy atom. The number of carbonyl (C=O) groups excluding carboxylic acids is 1. The molecule has 1 N–H and O–H groups in total. The minimum Gasteiger partial charge on any atom is -0.360 e. The smallest absolute Gasteiger partial charge is 0.270 e. The van der Waals surface area contributed by atoms with Gasteiger partial charge in [-0.15, -0.1) is 0 Å². The Kier molecular flexibility index (Phi) is 6.71. The average Bonchev–Trinajstić information content (AvgIpc) is 3.06. The standard InChI is InChI=1S/C22H24ClN3O4S/c1-14(2)17-5-11-20(12-6-17)26(31(28,29)22-15(3)25-30-16(22)4)13-21(27)24-19-9-7-18(23)8-10-19/h5-12,14H,13H2,1-4H3,(H,24,27). The van der Waals surface area contributed by atoms with Crippen molar-refractivity contribution in [3.63, 3.8) is 0 Å². The Bertz CT molecular complexity index is 1150. The molecule has 0 unspecified atom stereocenters. The van der Waals surface area contributed by atoms with Crippen molar-refractivity contribution in [2.45, 2.75) is 38.5 Å². The molecule has 0 spiro atoms. The van der Waals surface area contributed by atoms with Crippen molar-refractivity contribution in [1.82, 2.24) is 5.16 Å². The number of aryl methyl sites for hydroxylation is 2. The number of nitrogens with one attached hydrogen (secondary N) is 1. The van der Waals surface area contributed by atoms with E-state index in [9.17, 15) is 13.2 Å². The molecule has 0 aliphatic carbocycles. The third kappa shape index (κ3) is 5.08. The number of rotatable bonds is 7. The van der Waals surface area contributed by atoms with Crippen LogP contribution in [0.5, 0.6) is 0 Å². The number of nitrogens with zero attached hydrogens (tertiary/aromatic N) is 2. The number of hydrogen-bond donors (Lipinski definition) is 1. The summed E-state index contributed by atoms with van der Waals surface area (Å²) in [4.78, 5) is 12.7. The van der Waals surface area contributed by atoms with Gasteiger partial charge in [0.05, 0.1) is 5.69 Å². The van der Waals surface area contributed by atoms with Crippen LogP contribution in [-0.4, -0.2) is 26.0 Å². The van der Waals surface area contributed by atoms with Crippen molar-refractivity contribution in [1.29, 1.82) is 0 Å². The predicted octanol–water partition coefficient (Wildman–Crippen LogP) is 4.90. The highest BCUT2D eigenvalue weighted by Crippen LogP contribution is 2.29. The first kappa shape index (κ1) is 22.8. The maximum Gasteiger partial charge on any atom is 0.270 e. The van der Waals surface area contributed by atoms with Gasteiger partial charge in [0.15, 0.2) is 10.7 Å². The number of halogens is 1. The second-order valence-corrected chi connectivity index (χ2v) is 9.70. The molecule has 1 heterocycles. The monoisotopic (exact) mass is 461 g/mol. The van der Waals surface area contributed by atoms with Gasteiger partial charge in [0.25, 0.3) is 10.0 Å². The average molecular weight is 462 g/mol. The zero-order valence-corrected chi connectivity index (χ0v) is 19.3. The van der Waals surface area contributed by atoms with Gasteiger partial charge in [-0.3, -0.25) is 9.10 Å². The SMILES string of the molecule is Cc1noc(C)c1S(=O)(=O)N(CC(=O)Nc1ccc(Cl)cc1)c1ccc(C(C)C)cc1. The fourth-order valence-electron chi connectivity index (χ4n) is 3.16. The lowest BCUT2D eigenvalue weighted by atomic mass is 10.0. The molecule has 0 saturated heterocycles. The van der Waals surface area contributed by atoms with E-state index >= 15 is 0 Å². The van der Waals surface area contributed by atoms with Gasteiger partial charge in [-0.2, -0.15) is 0 Å². The van der Waals surface area contributed by atoms with Gasteiger partial charge in [0, 0.05) is 10.7 Å². The highest BCUT2D eigenvalue weighted by molar-refractivity contribution is 7.93. The molecule has 9 heteroatoms. The molecule has 0 fully saturated rings. The maximum atomic E-state index is 13.5. The summed E-state index contributed by atoms with van der Waals surface area (Å²) in [7, 11) is -4.10. The Morgan fingerprint density at radius 2 is 1.71 bits per heavy atom. The van der Waals surface area contributed by atoms with Crippen LogP contribution in [0, 0.1) is 13.8 Å². The summed E-state index contributed by atoms with van der Waals surface area (Å²) in [6.45, 7) is 6.76. The number of aromatic nitrogens is 1. The van der Waals surface area contributed by atoms with Gasteiger partial charge in [-0.05, 0) is 61.7 Å². The second-order valence-electron chi connectivity index (χ2n) is 7.47. The van der Waals surface area contributed by atoms with Crippen molar-refractivity contribution < 1.29 is 17.7 Å². The van der Waals surface area contributed by atoms with Gasteiger partial charge in [0.1, 0.15) is 12.2 Å². The summed E-state index contributed by atoms with van der Waals surface area (Å²) >= 11 is 5.88. The normalized spacial score (nSPS) is 11.5. The van der Waals surface area contributed by atoms with Gasteiger partial charge >= 0.3 is 0 Å². The molecule has 1 amide bonds. The molecule has 0 bridgehead atoms. The van der Waals surface area contributed by atoms with Crippen LogP contribution in [0.15, 0.2) is 57.9 Å². The second kappa shape index (κ2) is 9.11. The van der Waals surface area contributed by atoms with Crippen LogP contribution in [0.4, 0.5) is 11.4 Å². The van der Waals surface area contributed by atoms with Gasteiger partial charge < -0.3 is 9.84 Å². The Balaban J connectivity index is 1.97. The van der Waals surface area contributed by atoms with Crippen LogP contribution >= 0.6 is 11.6 Å². The van der Waals surface area contributed by atoms with Crippen molar-refractivity contribution in [3.8, 4) is 0 Å². The van der Waals surface area contributed by atoms with Crippen molar-refractivity contribution in [2.75, 3.05) is 16.2 Å². The van der Waals surface area contributed by atoms with E-state index in [1.54, 1.807) is 43.3 Å². The minimum absolute atomic E-state index is 0.0419. The predicted molar refractivity (Wildman–Crippen MR) is 121 cm³/mol. The van der Waals surface area contributed by atoms with E-state index in [4.69, 9.17) is 16.1 Å². The molecule has 164 valence electrons. The first-order valence-corrected chi connectivity index (χ1v) is 11.5. The topological polar surface area (TPSA) is 92.5 Å². The molecule has 0 atom stereocenters. The number of hydrogen-bond acceptors (Lipinski definition) is 5. The summed E-state index contributed by atoms with van der Waals surface area (Å²) in [5.74, 6) is -0.0418. The zero-order valence-electron chi connectivity index (χ0n) is 17.7. The summed E-state index contributed by atoms with van der Waals surface area (Å²) in [5.41, 5.74) is 2.18. The number of amides is 1. The first-order valence-electron chi connectivity index (χ1n) is 9.70. The van der Waals surface area contributed by atoms with Crippen LogP contribution in [0.25, 0.3) is 0 Å². The van der Waals surface area contributed by atoms with Crippen LogP contribution in [0.1, 0.15) is 36.8 Å². The molecule has 31 heavy (non-hydrogen) atoms. The maximum absolute atomic E-state index is 13.5. The third-order valence-corrected chi connectivity index (χ3v) is 7.05. The summed E-state index contributed by atoms with van der Waals surface area (Å²) in [6, 6.07) is 13.7. The lowest BCUT2D eigenvalue weighted by Gasteiger charge is -2.24. The molecule has 0 aliphatic rings. The minimum atomic E-state index is -4.10. The largest absolute Gasteiger partial charge is 0.360 e. The van der Waals surface area contributed by atoms with Gasteiger partial charge in [-0.1, -0.05) is 42.7 Å². The van der Waals surface area contributed by atoms with Crippen LogP contribution in [-0.2, 0) is 14.8 Å². The van der Waals surface area contributed by atoms with E-state index in [0.717, 1.165) is 9.87 Å². The number of carbonyl (C=O) groups is 1. The summed E-state index contributed by atoms with van der Waals surface area (Å²) < 4.78 is 33.2. The van der Waals surface area contributed by atoms with Crippen molar-refractivity contribution >= 4 is 38.9 Å². The van der Waals surface area contributed by atoms with Crippen LogP contribution < -0.4 is 9.62 Å². The van der Waals surface area contributed by atoms with Crippen LogP contribution in [0.2, 0.25) is 5.02 Å². The Morgan fingerprint density at radius 1 is 1.10 bits per heavy atom. The Labute approximate surface area is 187 Å². The van der Waals surface area contributed by atoms with E-state index in [0.29, 0.717) is 16.4 Å².